The summed E-state index contributed by atoms with van der Waals surface area (Å²) in [5.41, 5.74) is 1.14. The number of phenols is 1. The monoisotopic (exact) mass is 281 g/mol. The van der Waals surface area contributed by atoms with Gasteiger partial charge in [-0.3, -0.25) is 6.58 Å². The molecule has 0 radical (unpaired) electrons. The number of benzene rings is 1. The second-order valence-electron chi connectivity index (χ2n) is 2.58. The molecule has 1 rings (SSSR count). The number of carbonyl (C=O) groups is 1. The van der Waals surface area contributed by atoms with Gasteiger partial charge in [-0.1, -0.05) is 11.6 Å². The molecule has 0 spiro atoms. The summed E-state index contributed by atoms with van der Waals surface area (Å²) < 4.78 is 12.5. The average molecular weight is 281 g/mol. The number of carbonyl (C=O) groups excluding carboxylic acids is 1. The Labute approximate surface area is 109 Å². The molecule has 0 bridgehead atoms. The summed E-state index contributed by atoms with van der Waals surface area (Å²) in [5, 5.41) is 9.15. The summed E-state index contributed by atoms with van der Waals surface area (Å²) in [4.78, 5) is 11.2. The molecular weight excluding hydrogens is 267 g/mol. The normalized spacial score (nSPS) is 7.94. The molecule has 0 unspecified atom stereocenters. The van der Waals surface area contributed by atoms with E-state index >= 15 is 0 Å². The molecular formula is C12H14CoO4-2. The molecule has 5 heteroatoms. The van der Waals surface area contributed by atoms with Crippen molar-refractivity contribution in [2.45, 2.75) is 6.42 Å². The number of rotatable bonds is 2. The van der Waals surface area contributed by atoms with Crippen molar-refractivity contribution in [1.29, 1.82) is 0 Å². The molecule has 0 aliphatic heterocycles. The minimum absolute atomic E-state index is 0.0533. The van der Waals surface area contributed by atoms with Crippen LogP contribution in [0.3, 0.4) is 0 Å². The van der Waals surface area contributed by atoms with E-state index in [4.69, 9.17) is 8.97 Å². The van der Waals surface area contributed by atoms with E-state index in [0.717, 1.165) is 5.56 Å². The summed E-state index contributed by atoms with van der Waals surface area (Å²) in [5.74, 6) is -0.396. The fourth-order valence-corrected chi connectivity index (χ4v) is 1.08. The van der Waals surface area contributed by atoms with Crippen molar-refractivity contribution in [2.75, 3.05) is 7.11 Å². The standard InChI is InChI=1S/C10H11O3.C2H3.Co.O/c1-3-7-4-5-8(11)6-9(7)10(12)13-2;1-2;;/h4-6,11H,1,3H2,2H3;1H,2H2;;/q2*-1;;. The van der Waals surface area contributed by atoms with Crippen molar-refractivity contribution in [3.63, 3.8) is 0 Å². The molecule has 1 aromatic carbocycles. The molecule has 17 heavy (non-hydrogen) atoms. The van der Waals surface area contributed by atoms with Crippen LogP contribution in [0.15, 0.2) is 24.8 Å². The van der Waals surface area contributed by atoms with Gasteiger partial charge in [-0.15, -0.1) is 0 Å². The van der Waals surface area contributed by atoms with Crippen molar-refractivity contribution in [3.05, 3.63) is 49.4 Å². The van der Waals surface area contributed by atoms with E-state index in [1.807, 2.05) is 0 Å². The van der Waals surface area contributed by atoms with E-state index in [1.165, 1.54) is 19.2 Å². The molecule has 97 valence electrons. The van der Waals surface area contributed by atoms with Gasteiger partial charge in [0.15, 0.2) is 0 Å². The number of aromatic hydroxyl groups is 1. The number of methoxy groups -OCH3 is 1. The summed E-state index contributed by atoms with van der Waals surface area (Å²) in [6.07, 6.45) is 0.491. The molecule has 4 nitrogen and oxygen atoms in total. The quantitative estimate of drug-likeness (QED) is 0.665. The topological polar surface area (TPSA) is 63.6 Å². The van der Waals surface area contributed by atoms with Gasteiger partial charge < -0.3 is 23.3 Å². The number of phenolic OH excluding ortho intramolecular Hbond substituents is 1. The maximum absolute atomic E-state index is 11.2. The van der Waals surface area contributed by atoms with Crippen LogP contribution in [0.25, 0.3) is 0 Å². The Morgan fingerprint density at radius 3 is 2.47 bits per heavy atom. The number of esters is 1. The third kappa shape index (κ3) is 5.99. The van der Waals surface area contributed by atoms with Crippen LogP contribution in [0.2, 0.25) is 0 Å². The van der Waals surface area contributed by atoms with Crippen molar-refractivity contribution < 1.29 is 34.2 Å². The Bertz CT molecular complexity index is 350. The summed E-state index contributed by atoms with van der Waals surface area (Å²) in [6.45, 7) is 10.7. The minimum atomic E-state index is -0.449. The molecule has 0 saturated carbocycles. The predicted molar refractivity (Wildman–Crippen MR) is 59.1 cm³/mol. The van der Waals surface area contributed by atoms with E-state index in [9.17, 15) is 4.79 Å². The third-order valence-electron chi connectivity index (χ3n) is 1.77. The van der Waals surface area contributed by atoms with Gasteiger partial charge in [0.1, 0.15) is 5.75 Å². The van der Waals surface area contributed by atoms with Gasteiger partial charge in [0.2, 0.25) is 0 Å². The summed E-state index contributed by atoms with van der Waals surface area (Å²) in [6, 6.07) is 4.56. The first-order valence-corrected chi connectivity index (χ1v) is 4.85. The number of hydrogen-bond acceptors (Lipinski definition) is 4. The molecule has 0 fully saturated rings. The number of ether oxygens (including phenoxy) is 1. The van der Waals surface area contributed by atoms with Gasteiger partial charge in [0.05, 0.1) is 12.7 Å². The van der Waals surface area contributed by atoms with Crippen LogP contribution in [0, 0.1) is 13.5 Å². The molecule has 0 atom stereocenters. The van der Waals surface area contributed by atoms with Crippen LogP contribution in [0.1, 0.15) is 15.9 Å². The van der Waals surface area contributed by atoms with Gasteiger partial charge in [0, 0.05) is 0 Å². The van der Waals surface area contributed by atoms with Crippen LogP contribution in [0.4, 0.5) is 0 Å². The van der Waals surface area contributed by atoms with Crippen LogP contribution in [0.5, 0.6) is 5.75 Å². The molecule has 0 heterocycles. The summed E-state index contributed by atoms with van der Waals surface area (Å²) >= 11 is 2.31. The van der Waals surface area contributed by atoms with Gasteiger partial charge in [-0.05, 0) is 12.1 Å². The van der Waals surface area contributed by atoms with Crippen molar-refractivity contribution in [3.8, 4) is 5.75 Å². The molecule has 0 amide bonds. The Hall–Kier alpha value is -1.46. The fourth-order valence-electron chi connectivity index (χ4n) is 1.08. The average Bonchev–Trinajstić information content (AvgIpc) is 2.42. The van der Waals surface area contributed by atoms with Crippen LogP contribution in [-0.2, 0) is 30.7 Å². The van der Waals surface area contributed by atoms with Crippen molar-refractivity contribution in [2.24, 2.45) is 0 Å². The molecule has 0 aromatic heterocycles. The van der Waals surface area contributed by atoms with Gasteiger partial charge >= 0.3 is 25.5 Å². The first-order valence-electron chi connectivity index (χ1n) is 4.43. The SMILES string of the molecule is [CH-]=C.[CH2-]Cc1ccc(O)cc1C(=O)OC.[O]=[Co]. The zero-order valence-corrected chi connectivity index (χ0v) is 10.5. The predicted octanol–water partition coefficient (Wildman–Crippen LogP) is 2.04. The molecule has 1 aromatic rings. The molecule has 1 N–H and O–H groups in total. The third-order valence-corrected chi connectivity index (χ3v) is 1.77. The summed E-state index contributed by atoms with van der Waals surface area (Å²) in [7, 11) is 1.30. The van der Waals surface area contributed by atoms with Crippen molar-refractivity contribution >= 4 is 5.97 Å². The van der Waals surface area contributed by atoms with E-state index in [0.29, 0.717) is 12.0 Å². The Morgan fingerprint density at radius 1 is 1.53 bits per heavy atom. The van der Waals surface area contributed by atoms with E-state index in [2.05, 4.69) is 40.5 Å². The maximum atomic E-state index is 11.2. The Kier molecular flexibility index (Phi) is 11.6. The molecule has 0 aliphatic carbocycles. The fraction of sp³-hybridized carbons (Fsp3) is 0.167. The first kappa shape index (κ1) is 17.9. The van der Waals surface area contributed by atoms with Gasteiger partial charge in [-0.2, -0.15) is 6.42 Å². The molecule has 0 aliphatic rings. The van der Waals surface area contributed by atoms with E-state index in [-0.39, 0.29) is 5.75 Å². The van der Waals surface area contributed by atoms with Crippen LogP contribution < -0.4 is 0 Å². The second-order valence-corrected chi connectivity index (χ2v) is 2.58. The zero-order valence-electron chi connectivity index (χ0n) is 9.44. The van der Waals surface area contributed by atoms with Crippen LogP contribution in [-0.4, -0.2) is 18.2 Å². The molecule has 0 saturated heterocycles. The van der Waals surface area contributed by atoms with Gasteiger partial charge in [-0.25, -0.2) is 4.79 Å². The van der Waals surface area contributed by atoms with E-state index in [1.54, 1.807) is 6.07 Å². The van der Waals surface area contributed by atoms with E-state index < -0.39 is 5.97 Å². The first-order chi connectivity index (χ1) is 8.19. The van der Waals surface area contributed by atoms with Crippen LogP contribution >= 0.6 is 0 Å². The second kappa shape index (κ2) is 11.0. The van der Waals surface area contributed by atoms with Gasteiger partial charge in [0.25, 0.3) is 0 Å². The van der Waals surface area contributed by atoms with Crippen molar-refractivity contribution in [1.82, 2.24) is 0 Å². The number of hydrogen-bond donors (Lipinski definition) is 1. The Morgan fingerprint density at radius 2 is 2.06 bits per heavy atom. The zero-order chi connectivity index (χ0) is 13.8. The Balaban J connectivity index is 0.